The van der Waals surface area contributed by atoms with E-state index in [1.54, 1.807) is 6.92 Å². The van der Waals surface area contributed by atoms with E-state index < -0.39 is 0 Å². The Hall–Kier alpha value is -0.860. The second-order valence-electron chi connectivity index (χ2n) is 3.01. The van der Waals surface area contributed by atoms with Crippen molar-refractivity contribution in [1.82, 2.24) is 0 Å². The van der Waals surface area contributed by atoms with E-state index in [2.05, 4.69) is 0 Å². The van der Waals surface area contributed by atoms with Crippen molar-refractivity contribution in [2.45, 2.75) is 46.1 Å². The van der Waals surface area contributed by atoms with Crippen LogP contribution in [-0.2, 0) is 14.3 Å². The molecule has 3 nitrogen and oxygen atoms in total. The fourth-order valence-corrected chi connectivity index (χ4v) is 0.981. The van der Waals surface area contributed by atoms with Crippen molar-refractivity contribution in [3.05, 3.63) is 0 Å². The van der Waals surface area contributed by atoms with E-state index in [1.165, 1.54) is 6.92 Å². The Kier molecular flexibility index (Phi) is 5.34. The lowest BCUT2D eigenvalue weighted by molar-refractivity contribution is -0.145. The molecule has 0 aliphatic carbocycles. The van der Waals surface area contributed by atoms with Gasteiger partial charge in [-0.2, -0.15) is 0 Å². The molecule has 3 heteroatoms. The quantitative estimate of drug-likeness (QED) is 0.593. The van der Waals surface area contributed by atoms with Gasteiger partial charge in [0.1, 0.15) is 5.78 Å². The van der Waals surface area contributed by atoms with Crippen LogP contribution in [0.4, 0.5) is 0 Å². The van der Waals surface area contributed by atoms with Gasteiger partial charge in [-0.05, 0) is 26.7 Å². The summed E-state index contributed by atoms with van der Waals surface area (Å²) in [5, 5.41) is 0. The highest BCUT2D eigenvalue weighted by Gasteiger charge is 2.04. The van der Waals surface area contributed by atoms with Gasteiger partial charge in [0.15, 0.2) is 0 Å². The lowest BCUT2D eigenvalue weighted by Gasteiger charge is -2.10. The number of esters is 1. The standard InChI is InChI=1S/C9H16O3/c1-7(10)5-4-6-8(2)12-9(3)11/h8H,4-6H2,1-3H3/t8-/m0/s1. The minimum Gasteiger partial charge on any atom is -0.463 e. The number of hydrogen-bond acceptors (Lipinski definition) is 3. The zero-order valence-electron chi connectivity index (χ0n) is 7.92. The maximum absolute atomic E-state index is 10.5. The third-order valence-electron chi connectivity index (χ3n) is 1.51. The van der Waals surface area contributed by atoms with Crippen LogP contribution in [0, 0.1) is 0 Å². The van der Waals surface area contributed by atoms with E-state index >= 15 is 0 Å². The predicted octanol–water partition coefficient (Wildman–Crippen LogP) is 1.70. The summed E-state index contributed by atoms with van der Waals surface area (Å²) in [5.41, 5.74) is 0. The highest BCUT2D eigenvalue weighted by atomic mass is 16.5. The van der Waals surface area contributed by atoms with E-state index in [0.29, 0.717) is 6.42 Å². The third kappa shape index (κ3) is 7.25. The number of hydrogen-bond donors (Lipinski definition) is 0. The van der Waals surface area contributed by atoms with Crippen LogP contribution >= 0.6 is 0 Å². The van der Waals surface area contributed by atoms with Gasteiger partial charge in [-0.25, -0.2) is 0 Å². The Morgan fingerprint density at radius 2 is 1.92 bits per heavy atom. The molecule has 0 aromatic carbocycles. The molecule has 1 atom stereocenters. The molecule has 0 aromatic heterocycles. The molecule has 0 rings (SSSR count). The third-order valence-corrected chi connectivity index (χ3v) is 1.51. The monoisotopic (exact) mass is 172 g/mol. The molecule has 0 spiro atoms. The first-order valence-electron chi connectivity index (χ1n) is 4.19. The van der Waals surface area contributed by atoms with Gasteiger partial charge >= 0.3 is 5.97 Å². The summed E-state index contributed by atoms with van der Waals surface area (Å²) in [6.45, 7) is 4.79. The number of carbonyl (C=O) groups excluding carboxylic acids is 2. The highest BCUT2D eigenvalue weighted by molar-refractivity contribution is 5.75. The van der Waals surface area contributed by atoms with Gasteiger partial charge in [0, 0.05) is 13.3 Å². The molecule has 0 aliphatic rings. The Morgan fingerprint density at radius 3 is 2.33 bits per heavy atom. The van der Waals surface area contributed by atoms with Gasteiger partial charge in [-0.15, -0.1) is 0 Å². The molecular weight excluding hydrogens is 156 g/mol. The first kappa shape index (κ1) is 11.1. The maximum Gasteiger partial charge on any atom is 0.302 e. The molecule has 0 saturated heterocycles. The fourth-order valence-electron chi connectivity index (χ4n) is 0.981. The lowest BCUT2D eigenvalue weighted by atomic mass is 10.1. The smallest absolute Gasteiger partial charge is 0.302 e. The van der Waals surface area contributed by atoms with Gasteiger partial charge in [0.05, 0.1) is 6.10 Å². The SMILES string of the molecule is CC(=O)CCC[C@H](C)OC(C)=O. The van der Waals surface area contributed by atoms with Crippen molar-refractivity contribution in [1.29, 1.82) is 0 Å². The Morgan fingerprint density at radius 1 is 1.33 bits per heavy atom. The second kappa shape index (κ2) is 5.75. The maximum atomic E-state index is 10.5. The van der Waals surface area contributed by atoms with Crippen molar-refractivity contribution in [2.24, 2.45) is 0 Å². The average Bonchev–Trinajstić information content (AvgIpc) is 1.84. The minimum atomic E-state index is -0.259. The molecule has 0 aromatic rings. The largest absolute Gasteiger partial charge is 0.463 e. The first-order valence-corrected chi connectivity index (χ1v) is 4.19. The van der Waals surface area contributed by atoms with Crippen LogP contribution in [0.25, 0.3) is 0 Å². The number of ether oxygens (including phenoxy) is 1. The Balaban J connectivity index is 3.37. The van der Waals surface area contributed by atoms with E-state index in [1.807, 2.05) is 6.92 Å². The van der Waals surface area contributed by atoms with Gasteiger partial charge in [-0.1, -0.05) is 0 Å². The Labute approximate surface area is 73.1 Å². The summed E-state index contributed by atoms with van der Waals surface area (Å²) in [4.78, 5) is 21.0. The molecule has 0 amide bonds. The van der Waals surface area contributed by atoms with Crippen LogP contribution in [0.3, 0.4) is 0 Å². The summed E-state index contributed by atoms with van der Waals surface area (Å²) in [7, 11) is 0. The van der Waals surface area contributed by atoms with Crippen molar-refractivity contribution < 1.29 is 14.3 Å². The summed E-state index contributed by atoms with van der Waals surface area (Å²) in [6.07, 6.45) is 2.07. The van der Waals surface area contributed by atoms with E-state index in [-0.39, 0.29) is 17.9 Å². The molecular formula is C9H16O3. The van der Waals surface area contributed by atoms with Crippen LogP contribution < -0.4 is 0 Å². The second-order valence-corrected chi connectivity index (χ2v) is 3.01. The zero-order valence-corrected chi connectivity index (χ0v) is 7.92. The van der Waals surface area contributed by atoms with Crippen molar-refractivity contribution in [3.8, 4) is 0 Å². The molecule has 0 fully saturated rings. The van der Waals surface area contributed by atoms with Gasteiger partial charge in [-0.3, -0.25) is 4.79 Å². The summed E-state index contributed by atoms with van der Waals surface area (Å²) < 4.78 is 4.88. The van der Waals surface area contributed by atoms with Gasteiger partial charge in [0.25, 0.3) is 0 Å². The molecule has 0 N–H and O–H groups in total. The van der Waals surface area contributed by atoms with E-state index in [9.17, 15) is 9.59 Å². The first-order chi connectivity index (χ1) is 5.52. The minimum absolute atomic E-state index is 0.0677. The zero-order chi connectivity index (χ0) is 9.56. The lowest BCUT2D eigenvalue weighted by Crippen LogP contribution is -2.12. The molecule has 0 saturated carbocycles. The predicted molar refractivity (Wildman–Crippen MR) is 45.8 cm³/mol. The van der Waals surface area contributed by atoms with Crippen molar-refractivity contribution in [3.63, 3.8) is 0 Å². The number of Topliss-reactive ketones (excluding diaryl/α,β-unsaturated/α-hetero) is 1. The van der Waals surface area contributed by atoms with Gasteiger partial charge in [0.2, 0.25) is 0 Å². The number of ketones is 1. The van der Waals surface area contributed by atoms with Crippen LogP contribution in [0.2, 0.25) is 0 Å². The molecule has 0 radical (unpaired) electrons. The molecule has 12 heavy (non-hydrogen) atoms. The van der Waals surface area contributed by atoms with Crippen LogP contribution in [0.15, 0.2) is 0 Å². The topological polar surface area (TPSA) is 43.4 Å². The van der Waals surface area contributed by atoms with Crippen molar-refractivity contribution >= 4 is 11.8 Å². The summed E-state index contributed by atoms with van der Waals surface area (Å²) >= 11 is 0. The van der Waals surface area contributed by atoms with E-state index in [0.717, 1.165) is 12.8 Å². The number of rotatable bonds is 5. The summed E-state index contributed by atoms with van der Waals surface area (Å²) in [5.74, 6) is -0.0737. The highest BCUT2D eigenvalue weighted by Crippen LogP contribution is 2.04. The molecule has 0 aliphatic heterocycles. The molecule has 70 valence electrons. The van der Waals surface area contributed by atoms with Crippen LogP contribution in [0.5, 0.6) is 0 Å². The van der Waals surface area contributed by atoms with Crippen LogP contribution in [-0.4, -0.2) is 17.9 Å². The van der Waals surface area contributed by atoms with E-state index in [4.69, 9.17) is 4.74 Å². The van der Waals surface area contributed by atoms with Gasteiger partial charge < -0.3 is 9.53 Å². The summed E-state index contributed by atoms with van der Waals surface area (Å²) in [6, 6.07) is 0. The number of carbonyl (C=O) groups is 2. The molecule has 0 unspecified atom stereocenters. The van der Waals surface area contributed by atoms with Crippen LogP contribution in [0.1, 0.15) is 40.0 Å². The normalized spacial score (nSPS) is 12.2. The fraction of sp³-hybridized carbons (Fsp3) is 0.778. The van der Waals surface area contributed by atoms with Crippen molar-refractivity contribution in [2.75, 3.05) is 0 Å². The molecule has 0 heterocycles. The molecule has 0 bridgehead atoms. The Bertz CT molecular complexity index is 163. The average molecular weight is 172 g/mol.